The normalized spacial score (nSPS) is 10.1. The zero-order valence-corrected chi connectivity index (χ0v) is 10.2. The molecule has 1 N–H and O–H groups in total. The van der Waals surface area contributed by atoms with Gasteiger partial charge in [0.1, 0.15) is 0 Å². The van der Waals surface area contributed by atoms with Crippen LogP contribution in [-0.4, -0.2) is 17.4 Å². The van der Waals surface area contributed by atoms with Gasteiger partial charge >= 0.3 is 0 Å². The molecule has 0 fully saturated rings. The standard InChI is InChI=1S/C13H13N3O3/c14-9-1-2-10-15-13(17)8-5-11-3-6-12(7-4-11)16(18)19/h3-8H,1-2,10H2,(H,15,17)/b8-5+. The number of nitriles is 1. The lowest BCUT2D eigenvalue weighted by Crippen LogP contribution is -2.21. The van der Waals surface area contributed by atoms with Gasteiger partial charge in [-0.15, -0.1) is 0 Å². The summed E-state index contributed by atoms with van der Waals surface area (Å²) in [5, 5.41) is 21.4. The Morgan fingerprint density at radius 1 is 1.42 bits per heavy atom. The summed E-state index contributed by atoms with van der Waals surface area (Å²) in [4.78, 5) is 21.3. The van der Waals surface area contributed by atoms with Gasteiger partial charge in [-0.25, -0.2) is 0 Å². The summed E-state index contributed by atoms with van der Waals surface area (Å²) < 4.78 is 0. The maximum absolute atomic E-state index is 11.4. The van der Waals surface area contributed by atoms with Crippen molar-refractivity contribution in [2.75, 3.05) is 6.54 Å². The highest BCUT2D eigenvalue weighted by Crippen LogP contribution is 2.12. The highest BCUT2D eigenvalue weighted by molar-refractivity contribution is 5.91. The number of nitrogens with zero attached hydrogens (tertiary/aromatic N) is 2. The number of unbranched alkanes of at least 4 members (excludes halogenated alkanes) is 1. The fourth-order valence-corrected chi connectivity index (χ4v) is 1.32. The van der Waals surface area contributed by atoms with Gasteiger partial charge in [-0.3, -0.25) is 14.9 Å². The molecule has 1 aromatic rings. The van der Waals surface area contributed by atoms with Crippen LogP contribution in [0.15, 0.2) is 30.3 Å². The number of amides is 1. The quantitative estimate of drug-likeness (QED) is 0.366. The molecule has 6 nitrogen and oxygen atoms in total. The Hall–Kier alpha value is -2.68. The number of hydrogen-bond donors (Lipinski definition) is 1. The molecule has 0 aliphatic heterocycles. The first-order valence-electron chi connectivity index (χ1n) is 5.71. The number of nitro benzene ring substituents is 1. The van der Waals surface area contributed by atoms with Gasteiger partial charge in [0.2, 0.25) is 5.91 Å². The van der Waals surface area contributed by atoms with E-state index in [4.69, 9.17) is 5.26 Å². The SMILES string of the molecule is N#CCCCNC(=O)/C=C/c1ccc([N+](=O)[O-])cc1. The van der Waals surface area contributed by atoms with Crippen LogP contribution in [0.1, 0.15) is 18.4 Å². The van der Waals surface area contributed by atoms with E-state index < -0.39 is 4.92 Å². The lowest BCUT2D eigenvalue weighted by Gasteiger charge is -1.98. The average molecular weight is 259 g/mol. The predicted molar refractivity (Wildman–Crippen MR) is 70.0 cm³/mol. The number of benzene rings is 1. The minimum Gasteiger partial charge on any atom is -0.353 e. The van der Waals surface area contributed by atoms with Crippen LogP contribution in [0.25, 0.3) is 6.08 Å². The summed E-state index contributed by atoms with van der Waals surface area (Å²) in [7, 11) is 0. The minimum absolute atomic E-state index is 0.0121. The summed E-state index contributed by atoms with van der Waals surface area (Å²) in [6, 6.07) is 7.88. The maximum atomic E-state index is 11.4. The molecule has 0 saturated carbocycles. The lowest BCUT2D eigenvalue weighted by molar-refractivity contribution is -0.384. The molecule has 1 rings (SSSR count). The molecule has 0 aromatic heterocycles. The van der Waals surface area contributed by atoms with Crippen LogP contribution in [0.4, 0.5) is 5.69 Å². The number of nitro groups is 1. The van der Waals surface area contributed by atoms with Crippen molar-refractivity contribution in [2.45, 2.75) is 12.8 Å². The zero-order chi connectivity index (χ0) is 14.1. The van der Waals surface area contributed by atoms with Crippen molar-refractivity contribution >= 4 is 17.7 Å². The molecule has 0 unspecified atom stereocenters. The van der Waals surface area contributed by atoms with Crippen molar-refractivity contribution in [3.8, 4) is 6.07 Å². The second-order valence-corrected chi connectivity index (χ2v) is 3.73. The molecular formula is C13H13N3O3. The summed E-state index contributed by atoms with van der Waals surface area (Å²) in [6.45, 7) is 0.455. The Morgan fingerprint density at radius 2 is 2.11 bits per heavy atom. The molecule has 0 aliphatic rings. The van der Waals surface area contributed by atoms with E-state index in [2.05, 4.69) is 5.32 Å². The van der Waals surface area contributed by atoms with Crippen LogP contribution in [0.2, 0.25) is 0 Å². The highest BCUT2D eigenvalue weighted by Gasteiger charge is 2.02. The molecule has 0 saturated heterocycles. The third-order valence-electron chi connectivity index (χ3n) is 2.30. The molecule has 0 atom stereocenters. The molecule has 1 amide bonds. The van der Waals surface area contributed by atoms with Crippen molar-refractivity contribution in [3.05, 3.63) is 46.0 Å². The molecule has 0 spiro atoms. The Morgan fingerprint density at radius 3 is 2.68 bits per heavy atom. The van der Waals surface area contributed by atoms with E-state index in [0.29, 0.717) is 24.9 Å². The van der Waals surface area contributed by atoms with Crippen LogP contribution in [0, 0.1) is 21.4 Å². The molecule has 0 aliphatic carbocycles. The first-order valence-corrected chi connectivity index (χ1v) is 5.71. The molecule has 0 bridgehead atoms. The van der Waals surface area contributed by atoms with E-state index in [1.165, 1.54) is 18.2 Å². The number of rotatable bonds is 6. The van der Waals surface area contributed by atoms with Crippen LogP contribution in [0.5, 0.6) is 0 Å². The lowest BCUT2D eigenvalue weighted by atomic mass is 10.2. The second-order valence-electron chi connectivity index (χ2n) is 3.73. The molecule has 1 aromatic carbocycles. The molecule has 19 heavy (non-hydrogen) atoms. The van der Waals surface area contributed by atoms with E-state index in [1.54, 1.807) is 18.2 Å². The van der Waals surface area contributed by atoms with Crippen molar-refractivity contribution < 1.29 is 9.72 Å². The van der Waals surface area contributed by atoms with Gasteiger partial charge in [-0.05, 0) is 30.2 Å². The van der Waals surface area contributed by atoms with Crippen molar-refractivity contribution in [2.24, 2.45) is 0 Å². The molecular weight excluding hydrogens is 246 g/mol. The van der Waals surface area contributed by atoms with E-state index in [0.717, 1.165) is 0 Å². The Labute approximate surface area is 110 Å². The van der Waals surface area contributed by atoms with E-state index in [9.17, 15) is 14.9 Å². The molecule has 0 radical (unpaired) electrons. The van der Waals surface area contributed by atoms with Gasteiger partial charge < -0.3 is 5.32 Å². The fraction of sp³-hybridized carbons (Fsp3) is 0.231. The van der Waals surface area contributed by atoms with E-state index in [-0.39, 0.29) is 11.6 Å². The second kappa shape index (κ2) is 7.61. The van der Waals surface area contributed by atoms with Gasteiger partial charge in [0.15, 0.2) is 0 Å². The molecule has 0 heterocycles. The van der Waals surface area contributed by atoms with Crippen LogP contribution in [0.3, 0.4) is 0 Å². The largest absolute Gasteiger partial charge is 0.353 e. The van der Waals surface area contributed by atoms with Crippen molar-refractivity contribution in [1.82, 2.24) is 5.32 Å². The van der Waals surface area contributed by atoms with Gasteiger partial charge in [0.25, 0.3) is 5.69 Å². The monoisotopic (exact) mass is 259 g/mol. The molecule has 6 heteroatoms. The third-order valence-corrected chi connectivity index (χ3v) is 2.30. The summed E-state index contributed by atoms with van der Waals surface area (Å²) in [5.41, 5.74) is 0.718. The topological polar surface area (TPSA) is 96.0 Å². The van der Waals surface area contributed by atoms with Crippen LogP contribution in [-0.2, 0) is 4.79 Å². The van der Waals surface area contributed by atoms with Gasteiger partial charge in [-0.1, -0.05) is 0 Å². The number of hydrogen-bond acceptors (Lipinski definition) is 4. The third kappa shape index (κ3) is 5.46. The first kappa shape index (κ1) is 14.4. The van der Waals surface area contributed by atoms with Crippen molar-refractivity contribution in [1.29, 1.82) is 5.26 Å². The smallest absolute Gasteiger partial charge is 0.269 e. The van der Waals surface area contributed by atoms with E-state index >= 15 is 0 Å². The summed E-state index contributed by atoms with van der Waals surface area (Å²) in [5.74, 6) is -0.253. The van der Waals surface area contributed by atoms with Gasteiger partial charge in [0, 0.05) is 31.2 Å². The zero-order valence-electron chi connectivity index (χ0n) is 10.2. The predicted octanol–water partition coefficient (Wildman–Crippen LogP) is 2.03. The highest BCUT2D eigenvalue weighted by atomic mass is 16.6. The van der Waals surface area contributed by atoms with Crippen LogP contribution < -0.4 is 5.32 Å². The Kier molecular flexibility index (Phi) is 5.76. The molecule has 98 valence electrons. The fourth-order valence-electron chi connectivity index (χ4n) is 1.32. The Balaban J connectivity index is 2.45. The van der Waals surface area contributed by atoms with Crippen LogP contribution >= 0.6 is 0 Å². The van der Waals surface area contributed by atoms with Gasteiger partial charge in [0.05, 0.1) is 11.0 Å². The first-order chi connectivity index (χ1) is 9.13. The average Bonchev–Trinajstić information content (AvgIpc) is 2.42. The summed E-state index contributed by atoms with van der Waals surface area (Å²) in [6.07, 6.45) is 3.96. The number of carbonyl (C=O) groups is 1. The van der Waals surface area contributed by atoms with Crippen molar-refractivity contribution in [3.63, 3.8) is 0 Å². The minimum atomic E-state index is -0.477. The number of non-ortho nitro benzene ring substituents is 1. The number of nitrogens with one attached hydrogen (secondary N) is 1. The van der Waals surface area contributed by atoms with E-state index in [1.807, 2.05) is 6.07 Å². The van der Waals surface area contributed by atoms with Gasteiger partial charge in [-0.2, -0.15) is 5.26 Å². The maximum Gasteiger partial charge on any atom is 0.269 e. The Bertz CT molecular complexity index is 515. The number of carbonyl (C=O) groups excluding carboxylic acids is 1. The summed E-state index contributed by atoms with van der Waals surface area (Å²) >= 11 is 0.